The van der Waals surface area contributed by atoms with Gasteiger partial charge in [-0.1, -0.05) is 23.7 Å². The highest BCUT2D eigenvalue weighted by atomic mass is 79.9. The van der Waals surface area contributed by atoms with Crippen LogP contribution in [0.5, 0.6) is 5.75 Å². The molecule has 0 atom stereocenters. The lowest BCUT2D eigenvalue weighted by Gasteiger charge is -2.12. The molecule has 2 rings (SSSR count). The number of rotatable bonds is 3. The summed E-state index contributed by atoms with van der Waals surface area (Å²) >= 11 is 14.2. The lowest BCUT2D eigenvalue weighted by molar-refractivity contribution is 0.0934. The number of amides is 2. The van der Waals surface area contributed by atoms with Crippen molar-refractivity contribution < 1.29 is 14.3 Å². The van der Waals surface area contributed by atoms with Crippen molar-refractivity contribution in [3.63, 3.8) is 0 Å². The molecule has 0 radical (unpaired) electrons. The fourth-order valence-corrected chi connectivity index (χ4v) is 2.75. The summed E-state index contributed by atoms with van der Waals surface area (Å²) in [5.74, 6) is -0.311. The average molecular weight is 443 g/mol. The van der Waals surface area contributed by atoms with Crippen LogP contribution >= 0.6 is 39.7 Å². The van der Waals surface area contributed by atoms with Gasteiger partial charge in [-0.25, -0.2) is 0 Å². The molecule has 0 bridgehead atoms. The van der Waals surface area contributed by atoms with Crippen LogP contribution in [0.4, 0.5) is 0 Å². The summed E-state index contributed by atoms with van der Waals surface area (Å²) in [6.45, 7) is 0. The van der Waals surface area contributed by atoms with E-state index < -0.39 is 11.8 Å². The summed E-state index contributed by atoms with van der Waals surface area (Å²) in [5, 5.41) is 2.66. The largest absolute Gasteiger partial charge is 0.496 e. The zero-order valence-corrected chi connectivity index (χ0v) is 16.1. The third kappa shape index (κ3) is 5.15. The molecular weight excluding hydrogens is 430 g/mol. The number of benzene rings is 2. The highest BCUT2D eigenvalue weighted by molar-refractivity contribution is 9.10. The Morgan fingerprint density at radius 1 is 1.12 bits per heavy atom. The quantitative estimate of drug-likeness (QED) is 0.503. The predicted octanol–water partition coefficient (Wildman–Crippen LogP) is 3.06. The molecule has 2 amide bonds. The van der Waals surface area contributed by atoms with Gasteiger partial charge in [0.2, 0.25) is 0 Å². The van der Waals surface area contributed by atoms with E-state index in [1.807, 2.05) is 0 Å². The molecule has 0 heterocycles. The fourth-order valence-electron chi connectivity index (χ4n) is 1.84. The number of hydrogen-bond acceptors (Lipinski definition) is 4. The maximum Gasteiger partial charge on any atom is 0.269 e. The van der Waals surface area contributed by atoms with Crippen LogP contribution in [0.2, 0.25) is 5.02 Å². The first-order valence-electron chi connectivity index (χ1n) is 6.92. The number of thiocarbonyl (C=S) groups is 1. The van der Waals surface area contributed by atoms with E-state index in [1.54, 1.807) is 42.5 Å². The molecule has 2 aromatic rings. The second kappa shape index (κ2) is 8.80. The van der Waals surface area contributed by atoms with Crippen LogP contribution in [0.1, 0.15) is 20.7 Å². The van der Waals surface area contributed by atoms with Crippen LogP contribution in [0.15, 0.2) is 46.9 Å². The van der Waals surface area contributed by atoms with E-state index in [1.165, 1.54) is 7.11 Å². The monoisotopic (exact) mass is 441 g/mol. The number of hydrazine groups is 1. The first-order valence-corrected chi connectivity index (χ1v) is 8.50. The van der Waals surface area contributed by atoms with E-state index in [-0.39, 0.29) is 10.7 Å². The fraction of sp³-hybridized carbons (Fsp3) is 0.0625. The van der Waals surface area contributed by atoms with E-state index in [0.717, 1.165) is 0 Å². The minimum absolute atomic E-state index is 0.0640. The Morgan fingerprint density at radius 3 is 2.48 bits per heavy atom. The number of hydrogen-bond donors (Lipinski definition) is 3. The normalized spacial score (nSPS) is 9.88. The Labute approximate surface area is 163 Å². The lowest BCUT2D eigenvalue weighted by Crippen LogP contribution is -2.48. The van der Waals surface area contributed by atoms with Crippen molar-refractivity contribution in [1.29, 1.82) is 0 Å². The molecule has 0 unspecified atom stereocenters. The Morgan fingerprint density at radius 2 is 1.84 bits per heavy atom. The van der Waals surface area contributed by atoms with E-state index in [4.69, 9.17) is 28.6 Å². The number of halogens is 2. The molecule has 25 heavy (non-hydrogen) atoms. The van der Waals surface area contributed by atoms with Gasteiger partial charge in [0.1, 0.15) is 5.75 Å². The van der Waals surface area contributed by atoms with E-state index in [9.17, 15) is 9.59 Å². The van der Waals surface area contributed by atoms with Gasteiger partial charge < -0.3 is 4.74 Å². The standard InChI is InChI=1S/C16H13BrClN3O3S/c1-24-13-7-6-9(8-11(13)17)14(22)20-21-16(25)19-15(23)10-4-2-3-5-12(10)18/h2-8H,1H3,(H,20,22)(H2,19,21,23,25). The maximum absolute atomic E-state index is 12.1. The Hall–Kier alpha value is -2.16. The number of carbonyl (C=O) groups excluding carboxylic acids is 2. The first-order chi connectivity index (χ1) is 11.9. The topological polar surface area (TPSA) is 79.5 Å². The summed E-state index contributed by atoms with van der Waals surface area (Å²) in [4.78, 5) is 24.1. The maximum atomic E-state index is 12.1. The van der Waals surface area contributed by atoms with Crippen molar-refractivity contribution >= 4 is 56.7 Å². The third-order valence-corrected chi connectivity index (χ3v) is 4.20. The molecule has 9 heteroatoms. The lowest BCUT2D eigenvalue weighted by atomic mass is 10.2. The van der Waals surface area contributed by atoms with E-state index in [2.05, 4.69) is 32.1 Å². The van der Waals surface area contributed by atoms with Crippen molar-refractivity contribution in [2.24, 2.45) is 0 Å². The van der Waals surface area contributed by atoms with E-state index >= 15 is 0 Å². The summed E-state index contributed by atoms with van der Waals surface area (Å²) in [6.07, 6.45) is 0. The number of carbonyl (C=O) groups is 2. The molecule has 130 valence electrons. The molecule has 0 fully saturated rings. The second-order valence-corrected chi connectivity index (χ2v) is 6.36. The van der Waals surface area contributed by atoms with Gasteiger partial charge in [0.25, 0.3) is 11.8 Å². The minimum Gasteiger partial charge on any atom is -0.496 e. The van der Waals surface area contributed by atoms with Gasteiger partial charge in [-0.3, -0.25) is 25.8 Å². The highest BCUT2D eigenvalue weighted by Gasteiger charge is 2.12. The second-order valence-electron chi connectivity index (χ2n) is 4.69. The smallest absolute Gasteiger partial charge is 0.269 e. The van der Waals surface area contributed by atoms with E-state index in [0.29, 0.717) is 20.8 Å². The van der Waals surface area contributed by atoms with Crippen LogP contribution < -0.4 is 20.9 Å². The molecular formula is C16H13BrClN3O3S. The van der Waals surface area contributed by atoms with Gasteiger partial charge in [0.05, 0.1) is 22.2 Å². The Kier molecular flexibility index (Phi) is 6.74. The molecule has 0 aliphatic carbocycles. The molecule has 2 aromatic carbocycles. The number of nitrogens with one attached hydrogen (secondary N) is 3. The average Bonchev–Trinajstić information content (AvgIpc) is 2.59. The van der Waals surface area contributed by atoms with Crippen molar-refractivity contribution in [3.8, 4) is 5.75 Å². The van der Waals surface area contributed by atoms with Crippen molar-refractivity contribution in [3.05, 3.63) is 63.1 Å². The van der Waals surface area contributed by atoms with Crippen LogP contribution in [-0.4, -0.2) is 24.0 Å². The van der Waals surface area contributed by atoms with Gasteiger partial charge in [0, 0.05) is 5.56 Å². The third-order valence-electron chi connectivity index (χ3n) is 3.05. The van der Waals surface area contributed by atoms with Crippen LogP contribution in [0.3, 0.4) is 0 Å². The van der Waals surface area contributed by atoms with Gasteiger partial charge in [-0.05, 0) is 58.5 Å². The van der Waals surface area contributed by atoms with Crippen LogP contribution in [0, 0.1) is 0 Å². The van der Waals surface area contributed by atoms with Gasteiger partial charge in [-0.2, -0.15) is 0 Å². The molecule has 0 aromatic heterocycles. The van der Waals surface area contributed by atoms with Crippen LogP contribution in [0.25, 0.3) is 0 Å². The van der Waals surface area contributed by atoms with Gasteiger partial charge in [-0.15, -0.1) is 0 Å². The summed E-state index contributed by atoms with van der Waals surface area (Å²) < 4.78 is 5.74. The summed E-state index contributed by atoms with van der Waals surface area (Å²) in [6, 6.07) is 11.4. The molecule has 0 aliphatic heterocycles. The molecule has 0 aliphatic rings. The molecule has 0 spiro atoms. The first kappa shape index (κ1) is 19.2. The summed E-state index contributed by atoms with van der Waals surface area (Å²) in [7, 11) is 1.53. The molecule has 0 saturated heterocycles. The minimum atomic E-state index is -0.482. The predicted molar refractivity (Wildman–Crippen MR) is 103 cm³/mol. The SMILES string of the molecule is COc1ccc(C(=O)NNC(=S)NC(=O)c2ccccc2Cl)cc1Br. The summed E-state index contributed by atoms with van der Waals surface area (Å²) in [5.41, 5.74) is 5.51. The Bertz CT molecular complexity index is 832. The Balaban J connectivity index is 1.91. The van der Waals surface area contributed by atoms with Crippen molar-refractivity contribution in [2.75, 3.05) is 7.11 Å². The number of ether oxygens (including phenoxy) is 1. The number of methoxy groups -OCH3 is 1. The van der Waals surface area contributed by atoms with Crippen LogP contribution in [-0.2, 0) is 0 Å². The van der Waals surface area contributed by atoms with Crippen molar-refractivity contribution in [2.45, 2.75) is 0 Å². The van der Waals surface area contributed by atoms with Crippen molar-refractivity contribution in [1.82, 2.24) is 16.2 Å². The van der Waals surface area contributed by atoms with Gasteiger partial charge in [0.15, 0.2) is 5.11 Å². The zero-order chi connectivity index (χ0) is 18.4. The van der Waals surface area contributed by atoms with Gasteiger partial charge >= 0.3 is 0 Å². The molecule has 6 nitrogen and oxygen atoms in total. The highest BCUT2D eigenvalue weighted by Crippen LogP contribution is 2.25. The molecule has 0 saturated carbocycles. The zero-order valence-electron chi connectivity index (χ0n) is 12.9. The molecule has 3 N–H and O–H groups in total.